The Morgan fingerprint density at radius 1 is 0.893 bits per heavy atom. The van der Waals surface area contributed by atoms with Crippen LogP contribution in [0.4, 0.5) is 0 Å². The molecule has 2 amide bonds. The molecule has 0 saturated carbocycles. The van der Waals surface area contributed by atoms with Gasteiger partial charge in [-0.25, -0.2) is 0 Å². The average molecular weight is 379 g/mol. The van der Waals surface area contributed by atoms with Crippen molar-refractivity contribution in [2.45, 2.75) is 13.5 Å². The first-order valence-electron chi connectivity index (χ1n) is 9.46. The number of hydrogen-bond acceptors (Lipinski definition) is 4. The van der Waals surface area contributed by atoms with Crippen molar-refractivity contribution >= 4 is 17.6 Å². The molecule has 0 aromatic heterocycles. The van der Waals surface area contributed by atoms with Crippen molar-refractivity contribution in [2.24, 2.45) is 0 Å². The third kappa shape index (κ3) is 5.27. The van der Waals surface area contributed by atoms with Crippen LogP contribution in [0.1, 0.15) is 21.5 Å². The van der Waals surface area contributed by atoms with Crippen molar-refractivity contribution in [3.05, 3.63) is 71.3 Å². The zero-order chi connectivity index (χ0) is 19.9. The summed E-state index contributed by atoms with van der Waals surface area (Å²) in [5.74, 6) is -0.995. The Hall–Kier alpha value is -2.99. The molecule has 3 rings (SSSR count). The Labute approximate surface area is 165 Å². The number of carbonyl (C=O) groups excluding carboxylic acids is 3. The zero-order valence-electron chi connectivity index (χ0n) is 16.1. The van der Waals surface area contributed by atoms with E-state index in [1.807, 2.05) is 54.3 Å². The quantitative estimate of drug-likeness (QED) is 0.612. The molecule has 0 spiro atoms. The van der Waals surface area contributed by atoms with E-state index in [4.69, 9.17) is 0 Å². The summed E-state index contributed by atoms with van der Waals surface area (Å²) in [6.07, 6.45) is 0. The number of Topliss-reactive ketones (excluding diaryl/α,β-unsaturated/α-hetero) is 1. The van der Waals surface area contributed by atoms with E-state index in [0.29, 0.717) is 44.8 Å². The lowest BCUT2D eigenvalue weighted by Gasteiger charge is -2.33. The van der Waals surface area contributed by atoms with Gasteiger partial charge in [0.25, 0.3) is 5.91 Å². The highest BCUT2D eigenvalue weighted by Gasteiger charge is 2.27. The average Bonchev–Trinajstić information content (AvgIpc) is 2.73. The molecule has 1 fully saturated rings. The number of ketones is 1. The van der Waals surface area contributed by atoms with Crippen molar-refractivity contribution in [2.75, 3.05) is 32.7 Å². The fourth-order valence-electron chi connectivity index (χ4n) is 3.14. The minimum atomic E-state index is -0.478. The highest BCUT2D eigenvalue weighted by molar-refractivity contribution is 6.42. The summed E-state index contributed by atoms with van der Waals surface area (Å²) in [5.41, 5.74) is 2.52. The van der Waals surface area contributed by atoms with Crippen molar-refractivity contribution in [3.63, 3.8) is 0 Å². The first-order chi connectivity index (χ1) is 13.5. The topological polar surface area (TPSA) is 69.7 Å². The van der Waals surface area contributed by atoms with E-state index >= 15 is 0 Å². The summed E-state index contributed by atoms with van der Waals surface area (Å²) < 4.78 is 0. The van der Waals surface area contributed by atoms with Gasteiger partial charge in [-0.15, -0.1) is 0 Å². The van der Waals surface area contributed by atoms with Gasteiger partial charge in [-0.3, -0.25) is 19.3 Å². The predicted molar refractivity (Wildman–Crippen MR) is 107 cm³/mol. The van der Waals surface area contributed by atoms with Gasteiger partial charge in [-0.2, -0.15) is 0 Å². The lowest BCUT2D eigenvalue weighted by Crippen LogP contribution is -2.52. The number of nitrogens with zero attached hydrogens (tertiary/aromatic N) is 2. The Kier molecular flexibility index (Phi) is 6.55. The maximum atomic E-state index is 12.5. The third-order valence-electron chi connectivity index (χ3n) is 4.87. The molecule has 0 radical (unpaired) electrons. The molecule has 1 aliphatic rings. The van der Waals surface area contributed by atoms with Crippen LogP contribution < -0.4 is 5.32 Å². The third-order valence-corrected chi connectivity index (χ3v) is 4.87. The number of aryl methyl sites for hydroxylation is 1. The van der Waals surface area contributed by atoms with Gasteiger partial charge in [0, 0.05) is 38.3 Å². The highest BCUT2D eigenvalue weighted by Crippen LogP contribution is 2.09. The number of rotatable bonds is 6. The number of amides is 2. The van der Waals surface area contributed by atoms with E-state index in [2.05, 4.69) is 5.32 Å². The van der Waals surface area contributed by atoms with E-state index in [0.717, 1.165) is 11.1 Å². The summed E-state index contributed by atoms with van der Waals surface area (Å²) in [5, 5.41) is 2.91. The number of nitrogens with one attached hydrogen (secondary N) is 1. The van der Waals surface area contributed by atoms with Gasteiger partial charge < -0.3 is 10.2 Å². The lowest BCUT2D eigenvalue weighted by atomic mass is 10.1. The van der Waals surface area contributed by atoms with Crippen LogP contribution in [-0.2, 0) is 16.1 Å². The van der Waals surface area contributed by atoms with E-state index in [1.165, 1.54) is 0 Å². The number of hydrogen-bond donors (Lipinski definition) is 1. The predicted octanol–water partition coefficient (Wildman–Crippen LogP) is 1.64. The Morgan fingerprint density at radius 3 is 2.18 bits per heavy atom. The lowest BCUT2D eigenvalue weighted by molar-refractivity contribution is -0.128. The standard InChI is InChI=1S/C22H25N3O3/c1-17-7-9-19(10-8-17)21(27)22(28)25-13-11-24(12-14-25)16-20(26)23-15-18-5-3-2-4-6-18/h2-10H,11-16H2,1H3,(H,23,26). The summed E-state index contributed by atoms with van der Waals surface area (Å²) in [4.78, 5) is 40.5. The summed E-state index contributed by atoms with van der Waals surface area (Å²) in [6.45, 7) is 4.78. The normalized spacial score (nSPS) is 14.5. The minimum Gasteiger partial charge on any atom is -0.351 e. The van der Waals surface area contributed by atoms with Crippen LogP contribution >= 0.6 is 0 Å². The molecule has 1 N–H and O–H groups in total. The van der Waals surface area contributed by atoms with Crippen LogP contribution in [0.15, 0.2) is 54.6 Å². The molecule has 0 unspecified atom stereocenters. The molecule has 1 saturated heterocycles. The molecule has 146 valence electrons. The van der Waals surface area contributed by atoms with Gasteiger partial charge in [0.15, 0.2) is 0 Å². The first kappa shape index (κ1) is 19.8. The Bertz CT molecular complexity index is 826. The van der Waals surface area contributed by atoms with Crippen molar-refractivity contribution in [1.82, 2.24) is 15.1 Å². The van der Waals surface area contributed by atoms with Gasteiger partial charge >= 0.3 is 0 Å². The molecular weight excluding hydrogens is 354 g/mol. The van der Waals surface area contributed by atoms with Crippen molar-refractivity contribution in [1.29, 1.82) is 0 Å². The molecule has 0 atom stereocenters. The van der Waals surface area contributed by atoms with Gasteiger partial charge in [0.05, 0.1) is 6.54 Å². The van der Waals surface area contributed by atoms with Crippen LogP contribution in [0.3, 0.4) is 0 Å². The monoisotopic (exact) mass is 379 g/mol. The molecule has 6 heteroatoms. The van der Waals surface area contributed by atoms with Crippen molar-refractivity contribution < 1.29 is 14.4 Å². The zero-order valence-corrected chi connectivity index (χ0v) is 16.1. The van der Waals surface area contributed by atoms with Crippen LogP contribution in [0.5, 0.6) is 0 Å². The molecule has 2 aromatic rings. The summed E-state index contributed by atoms with van der Waals surface area (Å²) in [7, 11) is 0. The van der Waals surface area contributed by atoms with Crippen LogP contribution in [0, 0.1) is 6.92 Å². The van der Waals surface area contributed by atoms with E-state index in [1.54, 1.807) is 17.0 Å². The van der Waals surface area contributed by atoms with Gasteiger partial charge in [-0.1, -0.05) is 60.2 Å². The smallest absolute Gasteiger partial charge is 0.295 e. The van der Waals surface area contributed by atoms with E-state index in [9.17, 15) is 14.4 Å². The minimum absolute atomic E-state index is 0.0423. The van der Waals surface area contributed by atoms with Gasteiger partial charge in [-0.05, 0) is 12.5 Å². The highest BCUT2D eigenvalue weighted by atomic mass is 16.2. The fraction of sp³-hybridized carbons (Fsp3) is 0.318. The molecule has 1 aliphatic heterocycles. The van der Waals surface area contributed by atoms with Crippen LogP contribution in [0.25, 0.3) is 0 Å². The van der Waals surface area contributed by atoms with E-state index in [-0.39, 0.29) is 5.91 Å². The fourth-order valence-corrected chi connectivity index (χ4v) is 3.14. The van der Waals surface area contributed by atoms with Crippen LogP contribution in [-0.4, -0.2) is 60.1 Å². The maximum Gasteiger partial charge on any atom is 0.295 e. The second-order valence-corrected chi connectivity index (χ2v) is 7.03. The number of piperazine rings is 1. The second-order valence-electron chi connectivity index (χ2n) is 7.03. The van der Waals surface area contributed by atoms with E-state index < -0.39 is 11.7 Å². The molecule has 1 heterocycles. The SMILES string of the molecule is Cc1ccc(C(=O)C(=O)N2CCN(CC(=O)NCc3ccccc3)CC2)cc1. The Morgan fingerprint density at radius 2 is 1.54 bits per heavy atom. The second kappa shape index (κ2) is 9.28. The summed E-state index contributed by atoms with van der Waals surface area (Å²) >= 11 is 0. The molecule has 0 bridgehead atoms. The summed E-state index contributed by atoms with van der Waals surface area (Å²) in [6, 6.07) is 16.8. The largest absolute Gasteiger partial charge is 0.351 e. The first-order valence-corrected chi connectivity index (χ1v) is 9.46. The number of benzene rings is 2. The Balaban J connectivity index is 1.43. The maximum absolute atomic E-state index is 12.5. The molecular formula is C22H25N3O3. The van der Waals surface area contributed by atoms with Crippen LogP contribution in [0.2, 0.25) is 0 Å². The molecule has 0 aliphatic carbocycles. The van der Waals surface area contributed by atoms with Crippen molar-refractivity contribution in [3.8, 4) is 0 Å². The molecule has 28 heavy (non-hydrogen) atoms. The number of carbonyl (C=O) groups is 3. The van der Waals surface area contributed by atoms with Gasteiger partial charge in [0.2, 0.25) is 11.7 Å². The van der Waals surface area contributed by atoms with Gasteiger partial charge in [0.1, 0.15) is 0 Å². The molecule has 2 aromatic carbocycles. The molecule has 6 nitrogen and oxygen atoms in total.